The number of thioether (sulfide) groups is 1. The number of carboxylic acid groups (broad SMARTS) is 1. The number of nitrogens with one attached hydrogen (secondary N) is 1. The number of unbranched alkanes of at least 4 members (excludes halogenated alkanes) is 1. The number of aromatic nitrogens is 2. The molecule has 0 fully saturated rings. The molecule has 0 bridgehead atoms. The monoisotopic (exact) mass is 308 g/mol. The lowest BCUT2D eigenvalue weighted by Crippen LogP contribution is -2.36. The van der Waals surface area contributed by atoms with Gasteiger partial charge in [-0.25, -0.2) is 4.79 Å². The summed E-state index contributed by atoms with van der Waals surface area (Å²) < 4.78 is 1.36. The zero-order valence-electron chi connectivity index (χ0n) is 11.6. The molecule has 21 heavy (non-hydrogen) atoms. The molecule has 0 atom stereocenters. The average Bonchev–Trinajstić information content (AvgIpc) is 2.46. The highest BCUT2D eigenvalue weighted by Crippen LogP contribution is 2.14. The molecule has 0 spiro atoms. The Labute approximate surface area is 124 Å². The summed E-state index contributed by atoms with van der Waals surface area (Å²) in [7, 11) is 0. The van der Waals surface area contributed by atoms with E-state index in [-0.39, 0.29) is 11.1 Å². The third-order valence-electron chi connectivity index (χ3n) is 3.22. The number of nitrogens with zero attached hydrogens (tertiary/aromatic N) is 1. The van der Waals surface area contributed by atoms with E-state index < -0.39 is 17.1 Å². The Morgan fingerprint density at radius 1 is 1.33 bits per heavy atom. The van der Waals surface area contributed by atoms with Gasteiger partial charge in [0.2, 0.25) is 0 Å². The lowest BCUT2D eigenvalue weighted by molar-refractivity contribution is 0.0699. The van der Waals surface area contributed by atoms with E-state index >= 15 is 0 Å². The molecule has 0 aliphatic rings. The van der Waals surface area contributed by atoms with Gasteiger partial charge in [0.05, 0.1) is 16.6 Å². The van der Waals surface area contributed by atoms with E-state index in [1.807, 2.05) is 6.26 Å². The van der Waals surface area contributed by atoms with E-state index in [4.69, 9.17) is 5.11 Å². The topological polar surface area (TPSA) is 92.2 Å². The van der Waals surface area contributed by atoms with Crippen LogP contribution in [-0.4, -0.2) is 32.6 Å². The highest BCUT2D eigenvalue weighted by atomic mass is 32.2. The lowest BCUT2D eigenvalue weighted by Gasteiger charge is -2.10. The Hall–Kier alpha value is -2.02. The first-order chi connectivity index (χ1) is 10.1. The van der Waals surface area contributed by atoms with Crippen LogP contribution >= 0.6 is 11.8 Å². The number of carboxylic acids is 1. The van der Waals surface area contributed by atoms with Gasteiger partial charge in [0.1, 0.15) is 0 Å². The van der Waals surface area contributed by atoms with Gasteiger partial charge in [0, 0.05) is 6.54 Å². The van der Waals surface area contributed by atoms with Gasteiger partial charge in [-0.3, -0.25) is 9.59 Å². The average molecular weight is 308 g/mol. The second kappa shape index (κ2) is 6.62. The SMILES string of the molecule is CSCCCCn1c(=O)c(=O)[nH]c2c(C(=O)O)cccc21. The number of aromatic carboxylic acids is 1. The van der Waals surface area contributed by atoms with E-state index in [0.717, 1.165) is 18.6 Å². The van der Waals surface area contributed by atoms with Crippen LogP contribution < -0.4 is 11.1 Å². The van der Waals surface area contributed by atoms with Crippen molar-refractivity contribution in [2.24, 2.45) is 0 Å². The lowest BCUT2D eigenvalue weighted by atomic mass is 10.1. The van der Waals surface area contributed by atoms with E-state index in [9.17, 15) is 14.4 Å². The number of H-pyrrole nitrogens is 1. The number of hydrogen-bond acceptors (Lipinski definition) is 4. The van der Waals surface area contributed by atoms with E-state index in [1.54, 1.807) is 23.9 Å². The third-order valence-corrected chi connectivity index (χ3v) is 3.92. The predicted molar refractivity (Wildman–Crippen MR) is 83.4 cm³/mol. The van der Waals surface area contributed by atoms with Crippen molar-refractivity contribution >= 4 is 28.8 Å². The van der Waals surface area contributed by atoms with Crippen LogP contribution in [0.2, 0.25) is 0 Å². The number of para-hydroxylation sites is 1. The fourth-order valence-corrected chi connectivity index (χ4v) is 2.70. The summed E-state index contributed by atoms with van der Waals surface area (Å²) in [5.74, 6) is -0.153. The van der Waals surface area contributed by atoms with Gasteiger partial charge in [-0.2, -0.15) is 11.8 Å². The van der Waals surface area contributed by atoms with Crippen LogP contribution in [0.4, 0.5) is 0 Å². The van der Waals surface area contributed by atoms with Crippen LogP contribution in [-0.2, 0) is 6.54 Å². The second-order valence-electron chi connectivity index (χ2n) is 4.62. The zero-order valence-corrected chi connectivity index (χ0v) is 12.4. The molecule has 2 aromatic rings. The van der Waals surface area contributed by atoms with Crippen molar-refractivity contribution in [2.75, 3.05) is 12.0 Å². The largest absolute Gasteiger partial charge is 0.478 e. The summed E-state index contributed by atoms with van der Waals surface area (Å²) >= 11 is 1.72. The molecular weight excluding hydrogens is 292 g/mol. The van der Waals surface area contributed by atoms with Crippen molar-refractivity contribution in [3.63, 3.8) is 0 Å². The van der Waals surface area contributed by atoms with Crippen LogP contribution in [0.1, 0.15) is 23.2 Å². The third kappa shape index (κ3) is 3.18. The van der Waals surface area contributed by atoms with Crippen LogP contribution in [0, 0.1) is 0 Å². The molecule has 2 N–H and O–H groups in total. The molecule has 0 amide bonds. The molecule has 0 radical (unpaired) electrons. The maximum atomic E-state index is 12.0. The summed E-state index contributed by atoms with van der Waals surface area (Å²) in [5, 5.41) is 9.17. The van der Waals surface area contributed by atoms with Crippen molar-refractivity contribution in [2.45, 2.75) is 19.4 Å². The second-order valence-corrected chi connectivity index (χ2v) is 5.60. The molecule has 6 nitrogen and oxygen atoms in total. The first kappa shape index (κ1) is 15.4. The predicted octanol–water partition coefficient (Wildman–Crippen LogP) is 1.53. The van der Waals surface area contributed by atoms with Gasteiger partial charge in [0.15, 0.2) is 0 Å². The van der Waals surface area contributed by atoms with Gasteiger partial charge in [-0.05, 0) is 37.0 Å². The fraction of sp³-hybridized carbons (Fsp3) is 0.357. The van der Waals surface area contributed by atoms with Crippen LogP contribution in [0.5, 0.6) is 0 Å². The molecule has 1 aromatic carbocycles. The normalized spacial score (nSPS) is 10.9. The quantitative estimate of drug-likeness (QED) is 0.623. The first-order valence-electron chi connectivity index (χ1n) is 6.54. The number of benzene rings is 1. The molecule has 2 rings (SSSR count). The number of rotatable bonds is 6. The molecule has 112 valence electrons. The Kier molecular flexibility index (Phi) is 4.85. The molecular formula is C14H16N2O4S. The Balaban J connectivity index is 2.55. The van der Waals surface area contributed by atoms with Crippen molar-refractivity contribution in [3.05, 3.63) is 44.5 Å². The van der Waals surface area contributed by atoms with Crippen molar-refractivity contribution in [3.8, 4) is 0 Å². The summed E-state index contributed by atoms with van der Waals surface area (Å²) in [6, 6.07) is 4.62. The van der Waals surface area contributed by atoms with E-state index in [0.29, 0.717) is 12.1 Å². The van der Waals surface area contributed by atoms with Crippen molar-refractivity contribution in [1.82, 2.24) is 9.55 Å². The van der Waals surface area contributed by atoms with Crippen molar-refractivity contribution in [1.29, 1.82) is 0 Å². The number of aryl methyl sites for hydroxylation is 1. The standard InChI is InChI=1S/C14H16N2O4S/c1-21-8-3-2-7-16-10-6-4-5-9(14(19)20)11(10)15-12(17)13(16)18/h4-6H,2-3,7-8H2,1H3,(H,15,17)(H,19,20). The van der Waals surface area contributed by atoms with Gasteiger partial charge in [-0.15, -0.1) is 0 Å². The Bertz CT molecular complexity index is 779. The smallest absolute Gasteiger partial charge is 0.337 e. The number of carbonyl (C=O) groups is 1. The van der Waals surface area contributed by atoms with Gasteiger partial charge >= 0.3 is 17.1 Å². The van der Waals surface area contributed by atoms with Crippen LogP contribution in [0.25, 0.3) is 11.0 Å². The number of hydrogen-bond donors (Lipinski definition) is 2. The summed E-state index contributed by atoms with van der Waals surface area (Å²) in [4.78, 5) is 37.3. The van der Waals surface area contributed by atoms with Crippen LogP contribution in [0.15, 0.2) is 27.8 Å². The molecule has 7 heteroatoms. The van der Waals surface area contributed by atoms with Gasteiger partial charge in [-0.1, -0.05) is 6.07 Å². The summed E-state index contributed by atoms with van der Waals surface area (Å²) in [6.07, 6.45) is 3.70. The molecule has 0 aliphatic heterocycles. The summed E-state index contributed by atoms with van der Waals surface area (Å²) in [5.41, 5.74) is -0.805. The molecule has 0 unspecified atom stereocenters. The number of aromatic amines is 1. The molecule has 1 aromatic heterocycles. The minimum atomic E-state index is -1.14. The fourth-order valence-electron chi connectivity index (χ4n) is 2.21. The molecule has 0 aliphatic carbocycles. The van der Waals surface area contributed by atoms with Crippen molar-refractivity contribution < 1.29 is 9.90 Å². The highest BCUT2D eigenvalue weighted by Gasteiger charge is 2.13. The summed E-state index contributed by atoms with van der Waals surface area (Å²) in [6.45, 7) is 0.406. The minimum Gasteiger partial charge on any atom is -0.478 e. The highest BCUT2D eigenvalue weighted by molar-refractivity contribution is 7.98. The Morgan fingerprint density at radius 2 is 2.10 bits per heavy atom. The molecule has 0 saturated carbocycles. The van der Waals surface area contributed by atoms with E-state index in [1.165, 1.54) is 10.6 Å². The minimum absolute atomic E-state index is 0.0116. The van der Waals surface area contributed by atoms with Gasteiger partial charge in [0.25, 0.3) is 0 Å². The maximum Gasteiger partial charge on any atom is 0.337 e. The Morgan fingerprint density at radius 3 is 2.76 bits per heavy atom. The molecule has 1 heterocycles. The molecule has 0 saturated heterocycles. The number of fused-ring (bicyclic) bond motifs is 1. The van der Waals surface area contributed by atoms with E-state index in [2.05, 4.69) is 4.98 Å². The van der Waals surface area contributed by atoms with Crippen LogP contribution in [0.3, 0.4) is 0 Å². The first-order valence-corrected chi connectivity index (χ1v) is 7.93. The zero-order chi connectivity index (χ0) is 15.4. The van der Waals surface area contributed by atoms with Gasteiger partial charge < -0.3 is 14.7 Å². The maximum absolute atomic E-state index is 12.0.